The van der Waals surface area contributed by atoms with Crippen LogP contribution in [0.25, 0.3) is 0 Å². The first kappa shape index (κ1) is 15.3. The van der Waals surface area contributed by atoms with Crippen LogP contribution in [0.3, 0.4) is 0 Å². The highest BCUT2D eigenvalue weighted by Gasteiger charge is 2.23. The molecule has 1 aliphatic rings. The molecule has 1 aliphatic heterocycles. The number of ether oxygens (including phenoxy) is 1. The van der Waals surface area contributed by atoms with Crippen LogP contribution in [-0.2, 0) is 14.3 Å². The molecule has 3 amide bonds. The summed E-state index contributed by atoms with van der Waals surface area (Å²) in [4.78, 5) is 35.4. The van der Waals surface area contributed by atoms with Crippen molar-refractivity contribution in [1.82, 2.24) is 15.5 Å². The molecular formula is C12H21N3O4. The van der Waals surface area contributed by atoms with Gasteiger partial charge in [-0.1, -0.05) is 0 Å². The van der Waals surface area contributed by atoms with Gasteiger partial charge >= 0.3 is 12.0 Å². The van der Waals surface area contributed by atoms with E-state index in [1.807, 2.05) is 0 Å². The molecule has 1 fully saturated rings. The van der Waals surface area contributed by atoms with E-state index in [1.54, 1.807) is 11.8 Å². The first-order valence-electron chi connectivity index (χ1n) is 6.48. The Balaban J connectivity index is 2.25. The number of carbonyl (C=O) groups is 3. The van der Waals surface area contributed by atoms with Crippen LogP contribution < -0.4 is 10.6 Å². The summed E-state index contributed by atoms with van der Waals surface area (Å²) in [6.07, 6.45) is 1.46. The van der Waals surface area contributed by atoms with Crippen molar-refractivity contribution < 1.29 is 19.1 Å². The summed E-state index contributed by atoms with van der Waals surface area (Å²) in [6.45, 7) is 4.53. The lowest BCUT2D eigenvalue weighted by atomic mass is 10.1. The van der Waals surface area contributed by atoms with Gasteiger partial charge < -0.3 is 20.3 Å². The maximum Gasteiger partial charge on any atom is 0.325 e. The molecule has 2 N–H and O–H groups in total. The predicted molar refractivity (Wildman–Crippen MR) is 68.4 cm³/mol. The van der Waals surface area contributed by atoms with Gasteiger partial charge in [0, 0.05) is 26.1 Å². The van der Waals surface area contributed by atoms with Crippen molar-refractivity contribution in [2.24, 2.45) is 0 Å². The second kappa shape index (κ2) is 7.60. The summed E-state index contributed by atoms with van der Waals surface area (Å²) in [5.41, 5.74) is 0. The van der Waals surface area contributed by atoms with E-state index >= 15 is 0 Å². The molecule has 0 aromatic rings. The largest absolute Gasteiger partial charge is 0.465 e. The number of urea groups is 1. The van der Waals surface area contributed by atoms with Crippen LogP contribution >= 0.6 is 0 Å². The monoisotopic (exact) mass is 271 g/mol. The van der Waals surface area contributed by atoms with E-state index in [0.29, 0.717) is 19.7 Å². The van der Waals surface area contributed by atoms with Gasteiger partial charge in [-0.3, -0.25) is 9.59 Å². The Morgan fingerprint density at radius 1 is 1.26 bits per heavy atom. The molecule has 0 aromatic heterocycles. The summed E-state index contributed by atoms with van der Waals surface area (Å²) in [5.74, 6) is -0.491. The number of esters is 1. The molecule has 1 saturated heterocycles. The van der Waals surface area contributed by atoms with Crippen molar-refractivity contribution >= 4 is 17.9 Å². The Labute approximate surface area is 112 Å². The Morgan fingerprint density at radius 2 is 1.89 bits per heavy atom. The summed E-state index contributed by atoms with van der Waals surface area (Å²) >= 11 is 0. The highest BCUT2D eigenvalue weighted by molar-refractivity contribution is 5.81. The molecule has 7 heteroatoms. The highest BCUT2D eigenvalue weighted by Crippen LogP contribution is 2.10. The number of nitrogens with one attached hydrogen (secondary N) is 2. The third-order valence-corrected chi connectivity index (χ3v) is 2.88. The lowest BCUT2D eigenvalue weighted by molar-refractivity contribution is -0.141. The number of amides is 3. The van der Waals surface area contributed by atoms with Gasteiger partial charge in [-0.15, -0.1) is 0 Å². The fourth-order valence-electron chi connectivity index (χ4n) is 1.99. The average molecular weight is 271 g/mol. The highest BCUT2D eigenvalue weighted by atomic mass is 16.5. The van der Waals surface area contributed by atoms with Gasteiger partial charge in [-0.2, -0.15) is 0 Å². The second-order valence-electron chi connectivity index (χ2n) is 4.43. The minimum absolute atomic E-state index is 0.0507. The lowest BCUT2D eigenvalue weighted by Gasteiger charge is -2.32. The minimum Gasteiger partial charge on any atom is -0.465 e. The molecule has 0 aromatic carbocycles. The Hall–Kier alpha value is -1.79. The van der Waals surface area contributed by atoms with Crippen molar-refractivity contribution in [3.63, 3.8) is 0 Å². The van der Waals surface area contributed by atoms with Gasteiger partial charge in [0.2, 0.25) is 5.91 Å². The third-order valence-electron chi connectivity index (χ3n) is 2.88. The van der Waals surface area contributed by atoms with Crippen LogP contribution in [0.2, 0.25) is 0 Å². The van der Waals surface area contributed by atoms with Crippen LogP contribution in [0, 0.1) is 0 Å². The van der Waals surface area contributed by atoms with Crippen LogP contribution in [0.15, 0.2) is 0 Å². The molecule has 19 heavy (non-hydrogen) atoms. The van der Waals surface area contributed by atoms with E-state index in [2.05, 4.69) is 10.6 Å². The normalized spacial score (nSPS) is 15.8. The Bertz CT molecular complexity index is 338. The average Bonchev–Trinajstić information content (AvgIpc) is 2.36. The van der Waals surface area contributed by atoms with Gasteiger partial charge in [0.15, 0.2) is 0 Å². The molecular weight excluding hydrogens is 250 g/mol. The number of likely N-dealkylation sites (tertiary alicyclic amines) is 1. The second-order valence-corrected chi connectivity index (χ2v) is 4.43. The van der Waals surface area contributed by atoms with Crippen molar-refractivity contribution in [2.75, 3.05) is 26.2 Å². The van der Waals surface area contributed by atoms with Crippen molar-refractivity contribution in [1.29, 1.82) is 0 Å². The SMILES string of the molecule is CCOC(=O)CNC(=O)N1CCC(NC(C)=O)CC1. The number of piperidine rings is 1. The van der Waals surface area contributed by atoms with Gasteiger partial charge in [0.1, 0.15) is 6.54 Å². The topological polar surface area (TPSA) is 87.7 Å². The van der Waals surface area contributed by atoms with E-state index in [4.69, 9.17) is 4.74 Å². The van der Waals surface area contributed by atoms with Gasteiger partial charge in [-0.05, 0) is 19.8 Å². The zero-order valence-electron chi connectivity index (χ0n) is 11.4. The van der Waals surface area contributed by atoms with E-state index in [-0.39, 0.29) is 24.5 Å². The van der Waals surface area contributed by atoms with Gasteiger partial charge in [0.05, 0.1) is 6.61 Å². The third kappa shape index (κ3) is 5.58. The molecule has 0 saturated carbocycles. The van der Waals surface area contributed by atoms with E-state index in [9.17, 15) is 14.4 Å². The van der Waals surface area contributed by atoms with E-state index in [0.717, 1.165) is 12.8 Å². The molecule has 0 radical (unpaired) electrons. The summed E-state index contributed by atoms with van der Waals surface area (Å²) in [7, 11) is 0. The molecule has 1 rings (SSSR count). The standard InChI is InChI=1S/C12H21N3O4/c1-3-19-11(17)8-13-12(18)15-6-4-10(5-7-15)14-9(2)16/h10H,3-8H2,1-2H3,(H,13,18)(H,14,16). The number of rotatable bonds is 4. The smallest absolute Gasteiger partial charge is 0.325 e. The van der Waals surface area contributed by atoms with Crippen molar-refractivity contribution in [2.45, 2.75) is 32.7 Å². The molecule has 0 aliphatic carbocycles. The number of carbonyl (C=O) groups excluding carboxylic acids is 3. The van der Waals surface area contributed by atoms with Gasteiger partial charge in [0.25, 0.3) is 0 Å². The maximum atomic E-state index is 11.8. The molecule has 7 nitrogen and oxygen atoms in total. The molecule has 0 atom stereocenters. The summed E-state index contributed by atoms with van der Waals surface area (Å²) < 4.78 is 4.72. The Morgan fingerprint density at radius 3 is 2.42 bits per heavy atom. The molecule has 108 valence electrons. The molecule has 0 spiro atoms. The van der Waals surface area contributed by atoms with E-state index in [1.165, 1.54) is 6.92 Å². The number of hydrogen-bond acceptors (Lipinski definition) is 4. The first-order valence-corrected chi connectivity index (χ1v) is 6.48. The maximum absolute atomic E-state index is 11.8. The quantitative estimate of drug-likeness (QED) is 0.697. The molecule has 0 unspecified atom stereocenters. The minimum atomic E-state index is -0.441. The van der Waals surface area contributed by atoms with Crippen LogP contribution in [0.4, 0.5) is 4.79 Å². The lowest BCUT2D eigenvalue weighted by Crippen LogP contribution is -2.50. The predicted octanol–water partition coefficient (Wildman–Crippen LogP) is -0.140. The number of hydrogen-bond donors (Lipinski definition) is 2. The Kier molecular flexibility index (Phi) is 6.11. The fraction of sp³-hybridized carbons (Fsp3) is 0.750. The molecule has 1 heterocycles. The van der Waals surface area contributed by atoms with Crippen LogP contribution in [0.1, 0.15) is 26.7 Å². The van der Waals surface area contributed by atoms with Crippen molar-refractivity contribution in [3.8, 4) is 0 Å². The van der Waals surface area contributed by atoms with Gasteiger partial charge in [-0.25, -0.2) is 4.79 Å². The molecule has 0 bridgehead atoms. The van der Waals surface area contributed by atoms with Crippen LogP contribution in [-0.4, -0.2) is 55.1 Å². The zero-order valence-corrected chi connectivity index (χ0v) is 11.4. The van der Waals surface area contributed by atoms with E-state index < -0.39 is 5.97 Å². The number of nitrogens with zero attached hydrogens (tertiary/aromatic N) is 1. The summed E-state index contributed by atoms with van der Waals surface area (Å²) in [5, 5.41) is 5.35. The fourth-order valence-corrected chi connectivity index (χ4v) is 1.99. The summed E-state index contributed by atoms with van der Waals surface area (Å²) in [6, 6.07) is -0.138. The first-order chi connectivity index (χ1) is 9.02. The van der Waals surface area contributed by atoms with Crippen LogP contribution in [0.5, 0.6) is 0 Å². The zero-order chi connectivity index (χ0) is 14.3. The van der Waals surface area contributed by atoms with Crippen molar-refractivity contribution in [3.05, 3.63) is 0 Å².